The van der Waals surface area contributed by atoms with Crippen LogP contribution >= 0.6 is 0 Å². The summed E-state index contributed by atoms with van der Waals surface area (Å²) in [7, 11) is 1.52. The predicted octanol–water partition coefficient (Wildman–Crippen LogP) is 1.34. The van der Waals surface area contributed by atoms with Gasteiger partial charge in [-0.05, 0) is 24.3 Å². The molecular formula is C21H21N3O5. The molecule has 0 aliphatic carbocycles. The number of benzene rings is 2. The molecule has 4 rings (SSSR count). The Bertz CT molecular complexity index is 961. The lowest BCUT2D eigenvalue weighted by atomic mass is 10.1. The summed E-state index contributed by atoms with van der Waals surface area (Å²) in [5, 5.41) is 2.55. The van der Waals surface area contributed by atoms with E-state index in [1.165, 1.54) is 16.8 Å². The van der Waals surface area contributed by atoms with E-state index >= 15 is 0 Å². The van der Waals surface area contributed by atoms with Crippen LogP contribution in [0.2, 0.25) is 0 Å². The highest BCUT2D eigenvalue weighted by Gasteiger charge is 2.35. The van der Waals surface area contributed by atoms with E-state index in [1.807, 2.05) is 6.07 Å². The van der Waals surface area contributed by atoms with E-state index in [0.29, 0.717) is 22.9 Å². The van der Waals surface area contributed by atoms with Gasteiger partial charge in [-0.25, -0.2) is 0 Å². The molecular weight excluding hydrogens is 374 g/mol. The number of carbonyl (C=O) groups excluding carboxylic acids is 3. The van der Waals surface area contributed by atoms with Crippen LogP contribution in [0.5, 0.6) is 11.5 Å². The molecule has 0 radical (unpaired) electrons. The van der Waals surface area contributed by atoms with Crippen LogP contribution in [0.1, 0.15) is 6.42 Å². The molecule has 2 aromatic rings. The quantitative estimate of drug-likeness (QED) is 0.848. The van der Waals surface area contributed by atoms with Crippen molar-refractivity contribution < 1.29 is 23.9 Å². The van der Waals surface area contributed by atoms with Gasteiger partial charge < -0.3 is 19.7 Å². The van der Waals surface area contributed by atoms with Gasteiger partial charge in [-0.1, -0.05) is 24.3 Å². The Hall–Kier alpha value is -3.55. The lowest BCUT2D eigenvalue weighted by Crippen LogP contribution is -2.52. The zero-order chi connectivity index (χ0) is 20.4. The summed E-state index contributed by atoms with van der Waals surface area (Å²) in [6, 6.07) is 14.2. The molecule has 0 spiro atoms. The van der Waals surface area contributed by atoms with Gasteiger partial charge in [-0.15, -0.1) is 0 Å². The largest absolute Gasteiger partial charge is 0.491 e. The fourth-order valence-electron chi connectivity index (χ4n) is 3.48. The van der Waals surface area contributed by atoms with E-state index < -0.39 is 6.10 Å². The molecule has 29 heavy (non-hydrogen) atoms. The fraction of sp³-hybridized carbons (Fsp3) is 0.286. The second kappa shape index (κ2) is 7.83. The normalized spacial score (nSPS) is 18.0. The molecule has 0 saturated heterocycles. The van der Waals surface area contributed by atoms with Crippen LogP contribution in [0.25, 0.3) is 0 Å². The molecule has 0 aromatic heterocycles. The number of nitrogens with zero attached hydrogens (tertiary/aromatic N) is 2. The van der Waals surface area contributed by atoms with Gasteiger partial charge in [-0.3, -0.25) is 19.3 Å². The average Bonchev–Trinajstić information content (AvgIpc) is 2.91. The lowest BCUT2D eigenvalue weighted by Gasteiger charge is -2.35. The Morgan fingerprint density at radius 1 is 1.07 bits per heavy atom. The van der Waals surface area contributed by atoms with Gasteiger partial charge in [0.25, 0.3) is 5.91 Å². The van der Waals surface area contributed by atoms with Crippen molar-refractivity contribution in [2.75, 3.05) is 36.5 Å². The highest BCUT2D eigenvalue weighted by molar-refractivity contribution is 6.06. The smallest absolute Gasteiger partial charge is 0.262 e. The number of para-hydroxylation sites is 4. The fourth-order valence-corrected chi connectivity index (χ4v) is 3.48. The number of amides is 3. The van der Waals surface area contributed by atoms with Crippen molar-refractivity contribution in [3.8, 4) is 11.5 Å². The number of rotatable bonds is 3. The zero-order valence-corrected chi connectivity index (χ0v) is 16.0. The summed E-state index contributed by atoms with van der Waals surface area (Å²) in [5.74, 6) is 0.206. The summed E-state index contributed by atoms with van der Waals surface area (Å²) < 4.78 is 11.4. The maximum absolute atomic E-state index is 13.3. The molecule has 3 amide bonds. The average molecular weight is 395 g/mol. The number of anilines is 2. The molecule has 2 aliphatic heterocycles. The minimum absolute atomic E-state index is 0.0652. The van der Waals surface area contributed by atoms with E-state index in [2.05, 4.69) is 5.32 Å². The van der Waals surface area contributed by atoms with Crippen LogP contribution in [0.15, 0.2) is 48.5 Å². The van der Waals surface area contributed by atoms with Gasteiger partial charge in [-0.2, -0.15) is 0 Å². The number of nitrogens with one attached hydrogen (secondary N) is 1. The van der Waals surface area contributed by atoms with E-state index in [9.17, 15) is 14.4 Å². The minimum atomic E-state index is -0.825. The van der Waals surface area contributed by atoms with Crippen molar-refractivity contribution in [1.29, 1.82) is 0 Å². The summed E-state index contributed by atoms with van der Waals surface area (Å²) >= 11 is 0. The number of fused-ring (bicyclic) bond motifs is 2. The maximum Gasteiger partial charge on any atom is 0.262 e. The van der Waals surface area contributed by atoms with Crippen LogP contribution in [0, 0.1) is 0 Å². The summed E-state index contributed by atoms with van der Waals surface area (Å²) in [6.07, 6.45) is -0.642. The first-order valence-electron chi connectivity index (χ1n) is 9.38. The second-order valence-corrected chi connectivity index (χ2v) is 6.74. The van der Waals surface area contributed by atoms with E-state index in [1.54, 1.807) is 42.5 Å². The van der Waals surface area contributed by atoms with E-state index in [-0.39, 0.29) is 43.8 Å². The Morgan fingerprint density at radius 2 is 1.76 bits per heavy atom. The summed E-state index contributed by atoms with van der Waals surface area (Å²) in [6.45, 7) is 0.170. The highest BCUT2D eigenvalue weighted by atomic mass is 16.5. The Balaban J connectivity index is 1.64. The predicted molar refractivity (Wildman–Crippen MR) is 106 cm³/mol. The number of carbonyl (C=O) groups is 3. The molecule has 1 atom stereocenters. The van der Waals surface area contributed by atoms with Gasteiger partial charge in [0, 0.05) is 7.05 Å². The first-order chi connectivity index (χ1) is 14.1. The minimum Gasteiger partial charge on any atom is -0.491 e. The number of ether oxygens (including phenoxy) is 2. The van der Waals surface area contributed by atoms with Crippen LogP contribution in [-0.2, 0) is 14.4 Å². The molecule has 8 heteroatoms. The van der Waals surface area contributed by atoms with Crippen molar-refractivity contribution in [1.82, 2.24) is 5.32 Å². The first-order valence-corrected chi connectivity index (χ1v) is 9.38. The molecule has 150 valence electrons. The van der Waals surface area contributed by atoms with Gasteiger partial charge in [0.05, 0.1) is 30.9 Å². The third-order valence-electron chi connectivity index (χ3n) is 4.94. The van der Waals surface area contributed by atoms with Crippen molar-refractivity contribution in [2.45, 2.75) is 12.5 Å². The Kier molecular flexibility index (Phi) is 5.07. The Morgan fingerprint density at radius 3 is 2.52 bits per heavy atom. The van der Waals surface area contributed by atoms with Gasteiger partial charge >= 0.3 is 0 Å². The van der Waals surface area contributed by atoms with Crippen molar-refractivity contribution in [2.24, 2.45) is 0 Å². The maximum atomic E-state index is 13.3. The second-order valence-electron chi connectivity index (χ2n) is 6.74. The molecule has 1 N–H and O–H groups in total. The van der Waals surface area contributed by atoms with Crippen LogP contribution in [0.4, 0.5) is 11.4 Å². The molecule has 0 unspecified atom stereocenters. The lowest BCUT2D eigenvalue weighted by molar-refractivity contribution is -0.128. The van der Waals surface area contributed by atoms with E-state index in [0.717, 1.165) is 0 Å². The summed E-state index contributed by atoms with van der Waals surface area (Å²) in [5.41, 5.74) is 1.14. The molecule has 8 nitrogen and oxygen atoms in total. The molecule has 0 saturated carbocycles. The van der Waals surface area contributed by atoms with Gasteiger partial charge in [0.2, 0.25) is 11.8 Å². The monoisotopic (exact) mass is 395 g/mol. The van der Waals surface area contributed by atoms with Crippen LogP contribution in [0.3, 0.4) is 0 Å². The molecule has 2 aliphatic rings. The number of likely N-dealkylation sites (N-methyl/N-ethyl adjacent to an activating group) is 1. The SMILES string of the molecule is CNC(=O)[C@@H]1CN(C(=O)CN2C(=O)CCOc3ccccc32)c2ccccc2O1. The number of hydrogen-bond donors (Lipinski definition) is 1. The third kappa shape index (κ3) is 3.61. The molecule has 0 fully saturated rings. The van der Waals surface area contributed by atoms with Gasteiger partial charge in [0.1, 0.15) is 18.0 Å². The first kappa shape index (κ1) is 18.8. The Labute approximate surface area is 168 Å². The van der Waals surface area contributed by atoms with Crippen LogP contribution < -0.4 is 24.6 Å². The molecule has 0 bridgehead atoms. The van der Waals surface area contributed by atoms with Crippen molar-refractivity contribution in [3.63, 3.8) is 0 Å². The zero-order valence-electron chi connectivity index (χ0n) is 16.0. The third-order valence-corrected chi connectivity index (χ3v) is 4.94. The standard InChI is InChI=1S/C21H21N3O5/c1-22-21(27)18-12-23(15-7-3-5-9-17(15)29-18)20(26)13-24-14-6-2-4-8-16(14)28-11-10-19(24)25/h2-9,18H,10-13H2,1H3,(H,22,27)/t18-/m0/s1. The summed E-state index contributed by atoms with van der Waals surface area (Å²) in [4.78, 5) is 41.0. The van der Waals surface area contributed by atoms with Gasteiger partial charge in [0.15, 0.2) is 6.10 Å². The van der Waals surface area contributed by atoms with Crippen molar-refractivity contribution in [3.05, 3.63) is 48.5 Å². The number of hydrogen-bond acceptors (Lipinski definition) is 5. The molecule has 2 aromatic carbocycles. The van der Waals surface area contributed by atoms with Crippen LogP contribution in [-0.4, -0.2) is 50.6 Å². The van der Waals surface area contributed by atoms with Crippen molar-refractivity contribution >= 4 is 29.1 Å². The molecule has 2 heterocycles. The topological polar surface area (TPSA) is 88.2 Å². The van der Waals surface area contributed by atoms with E-state index in [4.69, 9.17) is 9.47 Å². The highest BCUT2D eigenvalue weighted by Crippen LogP contribution is 2.35.